The van der Waals surface area contributed by atoms with Crippen LogP contribution in [0.3, 0.4) is 0 Å². The van der Waals surface area contributed by atoms with E-state index >= 15 is 0 Å². The van der Waals surface area contributed by atoms with E-state index in [0.717, 1.165) is 10.5 Å². The lowest BCUT2D eigenvalue weighted by molar-refractivity contribution is 0.592. The van der Waals surface area contributed by atoms with Gasteiger partial charge in [-0.2, -0.15) is 0 Å². The number of aromatic nitrogens is 1. The number of rotatable bonds is 0. The topological polar surface area (TPSA) is 15.8 Å². The summed E-state index contributed by atoms with van der Waals surface area (Å²) < 4.78 is 0. The fraction of sp³-hybridized carbons (Fsp3) is 0.385. The lowest BCUT2D eigenvalue weighted by atomic mass is 9.82. The summed E-state index contributed by atoms with van der Waals surface area (Å²) in [7, 11) is 0. The van der Waals surface area contributed by atoms with Gasteiger partial charge in [-0.15, -0.1) is 0 Å². The maximum Gasteiger partial charge on any atom is 0.0649 e. The van der Waals surface area contributed by atoms with Gasteiger partial charge in [0.15, 0.2) is 0 Å². The second-order valence-corrected chi connectivity index (χ2v) is 5.47. The van der Waals surface area contributed by atoms with E-state index in [-0.39, 0.29) is 5.41 Å². The molecule has 0 saturated carbocycles. The van der Waals surface area contributed by atoms with Gasteiger partial charge in [0, 0.05) is 11.6 Å². The number of aromatic amines is 1. The number of aryl methyl sites for hydroxylation is 1. The standard InChI is InChI=1S/C13H16ClN/c1-8-7-10(14)12-9(5-6-15-12)11(8)13(2,3)4/h5-7,15H,1-4H3. The van der Waals surface area contributed by atoms with E-state index in [1.807, 2.05) is 12.3 Å². The third-order valence-corrected chi connectivity index (χ3v) is 3.04. The fourth-order valence-corrected chi connectivity index (χ4v) is 2.64. The van der Waals surface area contributed by atoms with E-state index < -0.39 is 0 Å². The summed E-state index contributed by atoms with van der Waals surface area (Å²) >= 11 is 6.19. The zero-order valence-electron chi connectivity index (χ0n) is 9.61. The largest absolute Gasteiger partial charge is 0.360 e. The van der Waals surface area contributed by atoms with Gasteiger partial charge in [-0.05, 0) is 35.6 Å². The van der Waals surface area contributed by atoms with Gasteiger partial charge >= 0.3 is 0 Å². The van der Waals surface area contributed by atoms with Crippen LogP contribution in [0.5, 0.6) is 0 Å². The predicted molar refractivity (Wildman–Crippen MR) is 66.7 cm³/mol. The molecule has 0 aliphatic rings. The van der Waals surface area contributed by atoms with Crippen molar-refractivity contribution >= 4 is 22.5 Å². The molecule has 1 aromatic heterocycles. The summed E-state index contributed by atoms with van der Waals surface area (Å²) in [5.41, 5.74) is 3.84. The first kappa shape index (κ1) is 10.6. The zero-order valence-corrected chi connectivity index (χ0v) is 10.4. The van der Waals surface area contributed by atoms with Crippen molar-refractivity contribution in [2.75, 3.05) is 0 Å². The Kier molecular flexibility index (Phi) is 2.31. The molecule has 15 heavy (non-hydrogen) atoms. The summed E-state index contributed by atoms with van der Waals surface area (Å²) in [4.78, 5) is 3.20. The van der Waals surface area contributed by atoms with Crippen LogP contribution in [0.15, 0.2) is 18.3 Å². The van der Waals surface area contributed by atoms with Crippen molar-refractivity contribution in [1.82, 2.24) is 4.98 Å². The van der Waals surface area contributed by atoms with Crippen molar-refractivity contribution < 1.29 is 0 Å². The molecule has 2 rings (SSSR count). The molecule has 0 amide bonds. The molecule has 1 nitrogen and oxygen atoms in total. The van der Waals surface area contributed by atoms with Crippen molar-refractivity contribution in [2.45, 2.75) is 33.1 Å². The highest BCUT2D eigenvalue weighted by molar-refractivity contribution is 6.35. The minimum atomic E-state index is 0.148. The Balaban J connectivity index is 2.89. The van der Waals surface area contributed by atoms with Gasteiger partial charge in [0.2, 0.25) is 0 Å². The Morgan fingerprint density at radius 2 is 1.93 bits per heavy atom. The van der Waals surface area contributed by atoms with Gasteiger partial charge in [0.05, 0.1) is 10.5 Å². The van der Waals surface area contributed by atoms with Crippen LogP contribution in [0.25, 0.3) is 10.9 Å². The molecule has 0 saturated heterocycles. The van der Waals surface area contributed by atoms with Crippen molar-refractivity contribution in [2.24, 2.45) is 0 Å². The number of hydrogen-bond acceptors (Lipinski definition) is 0. The van der Waals surface area contributed by atoms with E-state index in [9.17, 15) is 0 Å². The summed E-state index contributed by atoms with van der Waals surface area (Å²) in [5.74, 6) is 0. The van der Waals surface area contributed by atoms with E-state index in [2.05, 4.69) is 38.7 Å². The van der Waals surface area contributed by atoms with Crippen LogP contribution in [0.2, 0.25) is 5.02 Å². The number of benzene rings is 1. The molecule has 80 valence electrons. The molecule has 2 heteroatoms. The summed E-state index contributed by atoms with van der Waals surface area (Å²) in [6, 6.07) is 4.15. The average molecular weight is 222 g/mol. The first-order valence-electron chi connectivity index (χ1n) is 5.18. The first-order valence-corrected chi connectivity index (χ1v) is 5.55. The first-order chi connectivity index (χ1) is 6.91. The third-order valence-electron chi connectivity index (χ3n) is 2.74. The van der Waals surface area contributed by atoms with E-state index in [1.54, 1.807) is 0 Å². The summed E-state index contributed by atoms with van der Waals surface area (Å²) in [6.07, 6.45) is 1.95. The minimum Gasteiger partial charge on any atom is -0.360 e. The molecular weight excluding hydrogens is 206 g/mol. The van der Waals surface area contributed by atoms with Crippen LogP contribution in [0.1, 0.15) is 31.9 Å². The van der Waals surface area contributed by atoms with Gasteiger partial charge in [-0.3, -0.25) is 0 Å². The van der Waals surface area contributed by atoms with Gasteiger partial charge in [0.1, 0.15) is 0 Å². The van der Waals surface area contributed by atoms with Crippen LogP contribution in [-0.4, -0.2) is 4.98 Å². The second kappa shape index (κ2) is 3.28. The van der Waals surface area contributed by atoms with E-state index in [1.165, 1.54) is 16.5 Å². The molecule has 0 bridgehead atoms. The number of hydrogen-bond donors (Lipinski definition) is 1. The second-order valence-electron chi connectivity index (χ2n) is 5.07. The molecule has 1 heterocycles. The summed E-state index contributed by atoms with van der Waals surface area (Å²) in [6.45, 7) is 8.82. The lowest BCUT2D eigenvalue weighted by Gasteiger charge is -2.23. The highest BCUT2D eigenvalue weighted by Crippen LogP contribution is 2.35. The maximum atomic E-state index is 6.19. The zero-order chi connectivity index (χ0) is 11.2. The Bertz CT molecular complexity index is 503. The van der Waals surface area contributed by atoms with E-state index in [4.69, 9.17) is 11.6 Å². The highest BCUT2D eigenvalue weighted by atomic mass is 35.5. The van der Waals surface area contributed by atoms with Crippen LogP contribution in [-0.2, 0) is 5.41 Å². The molecular formula is C13H16ClN. The SMILES string of the molecule is Cc1cc(Cl)c2[nH]ccc2c1C(C)(C)C. The lowest BCUT2D eigenvalue weighted by Crippen LogP contribution is -2.13. The highest BCUT2D eigenvalue weighted by Gasteiger charge is 2.20. The molecule has 1 aromatic carbocycles. The molecule has 0 aliphatic carbocycles. The number of H-pyrrole nitrogens is 1. The number of fused-ring (bicyclic) bond motifs is 1. The molecule has 2 aromatic rings. The molecule has 0 fully saturated rings. The van der Waals surface area contributed by atoms with Gasteiger partial charge < -0.3 is 4.98 Å². The molecule has 0 spiro atoms. The van der Waals surface area contributed by atoms with Crippen molar-refractivity contribution in [1.29, 1.82) is 0 Å². The maximum absolute atomic E-state index is 6.19. The smallest absolute Gasteiger partial charge is 0.0649 e. The Labute approximate surface area is 95.5 Å². The van der Waals surface area contributed by atoms with Crippen molar-refractivity contribution in [3.8, 4) is 0 Å². The third kappa shape index (κ3) is 1.65. The van der Waals surface area contributed by atoms with Crippen molar-refractivity contribution in [3.63, 3.8) is 0 Å². The quantitative estimate of drug-likeness (QED) is 0.678. The van der Waals surface area contributed by atoms with Gasteiger partial charge in [-0.1, -0.05) is 32.4 Å². The Morgan fingerprint density at radius 3 is 2.53 bits per heavy atom. The van der Waals surface area contributed by atoms with Crippen LogP contribution >= 0.6 is 11.6 Å². The van der Waals surface area contributed by atoms with E-state index in [0.29, 0.717) is 0 Å². The van der Waals surface area contributed by atoms with Gasteiger partial charge in [0.25, 0.3) is 0 Å². The van der Waals surface area contributed by atoms with Crippen LogP contribution < -0.4 is 0 Å². The van der Waals surface area contributed by atoms with Gasteiger partial charge in [-0.25, -0.2) is 0 Å². The molecule has 0 aliphatic heterocycles. The predicted octanol–water partition coefficient (Wildman–Crippen LogP) is 4.43. The molecule has 0 atom stereocenters. The number of nitrogens with one attached hydrogen (secondary N) is 1. The van der Waals surface area contributed by atoms with Crippen LogP contribution in [0, 0.1) is 6.92 Å². The molecule has 0 radical (unpaired) electrons. The van der Waals surface area contributed by atoms with Crippen LogP contribution in [0.4, 0.5) is 0 Å². The minimum absolute atomic E-state index is 0.148. The summed E-state index contributed by atoms with van der Waals surface area (Å²) in [5, 5.41) is 2.05. The van der Waals surface area contributed by atoms with Crippen molar-refractivity contribution in [3.05, 3.63) is 34.5 Å². The molecule has 0 unspecified atom stereocenters. The monoisotopic (exact) mass is 221 g/mol. The molecule has 1 N–H and O–H groups in total. The fourth-order valence-electron chi connectivity index (χ4n) is 2.32. The number of halogens is 1. The normalized spacial score (nSPS) is 12.3. The average Bonchev–Trinajstić information content (AvgIpc) is 2.49. The Hall–Kier alpha value is -0.950. The Morgan fingerprint density at radius 1 is 1.27 bits per heavy atom.